The Kier molecular flexibility index (Phi) is 3.84. The molecule has 0 spiro atoms. The van der Waals surface area contributed by atoms with Crippen molar-refractivity contribution in [2.24, 2.45) is 0 Å². The topological polar surface area (TPSA) is 129 Å². The van der Waals surface area contributed by atoms with E-state index in [4.69, 9.17) is 26.9 Å². The first kappa shape index (κ1) is 16.7. The second-order valence-corrected chi connectivity index (χ2v) is 6.34. The number of H-pyrrole nitrogens is 1. The highest BCUT2D eigenvalue weighted by Crippen LogP contribution is 2.38. The lowest BCUT2D eigenvalue weighted by Crippen LogP contribution is -2.04. The van der Waals surface area contributed by atoms with E-state index in [2.05, 4.69) is 23.0 Å². The molecule has 7 nitrogen and oxygen atoms in total. The zero-order valence-corrected chi connectivity index (χ0v) is 15.1. The smallest absolute Gasteiger partial charge is 0.164 e. The number of methoxy groups -OCH3 is 1. The molecule has 27 heavy (non-hydrogen) atoms. The van der Waals surface area contributed by atoms with Gasteiger partial charge in [-0.15, -0.1) is 0 Å². The molecule has 4 aromatic rings. The van der Waals surface area contributed by atoms with E-state index in [0.717, 1.165) is 22.0 Å². The maximum Gasteiger partial charge on any atom is 0.164 e. The number of hydrogen-bond donors (Lipinski definition) is 4. The molecule has 7 heteroatoms. The summed E-state index contributed by atoms with van der Waals surface area (Å²) in [7, 11) is 1.59. The van der Waals surface area contributed by atoms with Crippen LogP contribution in [0, 0.1) is 6.92 Å². The zero-order valence-electron chi connectivity index (χ0n) is 15.1. The first-order valence-electron chi connectivity index (χ1n) is 8.43. The minimum atomic E-state index is 0.362. The van der Waals surface area contributed by atoms with Crippen molar-refractivity contribution < 1.29 is 4.74 Å². The average molecular weight is 360 g/mol. The second-order valence-electron chi connectivity index (χ2n) is 6.34. The minimum Gasteiger partial charge on any atom is -0.493 e. The Morgan fingerprint density at radius 1 is 1.04 bits per heavy atom. The summed E-state index contributed by atoms with van der Waals surface area (Å²) in [6.45, 7) is 2.05. The molecule has 0 aliphatic rings. The van der Waals surface area contributed by atoms with Gasteiger partial charge in [-0.1, -0.05) is 18.2 Å². The quantitative estimate of drug-likeness (QED) is 0.415. The molecule has 0 unspecified atom stereocenters. The number of para-hydroxylation sites is 1. The van der Waals surface area contributed by atoms with Crippen molar-refractivity contribution in [3.63, 3.8) is 0 Å². The van der Waals surface area contributed by atoms with Gasteiger partial charge >= 0.3 is 0 Å². The lowest BCUT2D eigenvalue weighted by atomic mass is 10.1. The standard InChI is InChI=1S/C20H20N6O/c1-10-4-3-5-11-12(8-24-18(10)11)19-15(27-2)9-25-20(26-19)16-13(21)6-7-14(22)17(16)23/h3-9,24H,21-23H2,1-2H3. The van der Waals surface area contributed by atoms with Gasteiger partial charge in [0.2, 0.25) is 0 Å². The highest BCUT2D eigenvalue weighted by molar-refractivity contribution is 5.98. The molecule has 0 amide bonds. The van der Waals surface area contributed by atoms with Crippen molar-refractivity contribution in [2.75, 3.05) is 24.3 Å². The molecule has 0 aliphatic carbocycles. The summed E-state index contributed by atoms with van der Waals surface area (Å²) in [5, 5.41) is 1.05. The summed E-state index contributed by atoms with van der Waals surface area (Å²) in [6, 6.07) is 9.47. The molecule has 0 saturated heterocycles. The van der Waals surface area contributed by atoms with Gasteiger partial charge in [0.05, 0.1) is 30.2 Å². The first-order chi connectivity index (χ1) is 13.0. The van der Waals surface area contributed by atoms with E-state index in [0.29, 0.717) is 39.9 Å². The number of rotatable bonds is 3. The number of aromatic amines is 1. The van der Waals surface area contributed by atoms with E-state index in [-0.39, 0.29) is 0 Å². The number of benzene rings is 2. The highest BCUT2D eigenvalue weighted by atomic mass is 16.5. The Morgan fingerprint density at radius 2 is 1.81 bits per heavy atom. The Bertz CT molecular complexity index is 1160. The van der Waals surface area contributed by atoms with Crippen molar-refractivity contribution in [3.05, 3.63) is 48.3 Å². The van der Waals surface area contributed by atoms with Gasteiger partial charge in [0.25, 0.3) is 0 Å². The van der Waals surface area contributed by atoms with Crippen molar-refractivity contribution in [1.82, 2.24) is 15.0 Å². The number of hydrogen-bond acceptors (Lipinski definition) is 6. The number of fused-ring (bicyclic) bond motifs is 1. The highest BCUT2D eigenvalue weighted by Gasteiger charge is 2.19. The fraction of sp³-hybridized carbons (Fsp3) is 0.100. The van der Waals surface area contributed by atoms with Gasteiger partial charge in [-0.05, 0) is 24.6 Å². The number of nitrogens with two attached hydrogens (primary N) is 3. The molecule has 0 radical (unpaired) electrons. The Morgan fingerprint density at radius 3 is 2.59 bits per heavy atom. The van der Waals surface area contributed by atoms with E-state index < -0.39 is 0 Å². The molecule has 0 atom stereocenters. The predicted octanol–water partition coefficient (Wildman–Crippen LogP) is 3.36. The van der Waals surface area contributed by atoms with Gasteiger partial charge in [0.15, 0.2) is 11.6 Å². The molecule has 0 bridgehead atoms. The third-order valence-corrected chi connectivity index (χ3v) is 4.69. The monoisotopic (exact) mass is 360 g/mol. The molecule has 0 aliphatic heterocycles. The van der Waals surface area contributed by atoms with E-state index in [9.17, 15) is 0 Å². The zero-order chi connectivity index (χ0) is 19.1. The SMILES string of the molecule is COc1cnc(-c2c(N)ccc(N)c2N)nc1-c1c[nH]c2c(C)cccc12. The van der Waals surface area contributed by atoms with Crippen molar-refractivity contribution in [2.45, 2.75) is 6.92 Å². The van der Waals surface area contributed by atoms with Crippen LogP contribution in [-0.2, 0) is 0 Å². The van der Waals surface area contributed by atoms with Crippen LogP contribution in [0.5, 0.6) is 5.75 Å². The number of ether oxygens (including phenoxy) is 1. The van der Waals surface area contributed by atoms with Crippen LogP contribution in [-0.4, -0.2) is 22.1 Å². The molecular formula is C20H20N6O. The molecule has 0 fully saturated rings. The number of aromatic nitrogens is 3. The normalized spacial score (nSPS) is 11.0. The summed E-state index contributed by atoms with van der Waals surface area (Å²) in [5.41, 5.74) is 23.8. The van der Waals surface area contributed by atoms with Crippen LogP contribution in [0.2, 0.25) is 0 Å². The summed E-state index contributed by atoms with van der Waals surface area (Å²) in [4.78, 5) is 12.4. The van der Waals surface area contributed by atoms with Crippen LogP contribution >= 0.6 is 0 Å². The van der Waals surface area contributed by atoms with Gasteiger partial charge in [-0.2, -0.15) is 0 Å². The molecule has 2 aromatic heterocycles. The molecule has 2 heterocycles. The number of nitrogens with one attached hydrogen (secondary N) is 1. The Balaban J connectivity index is 1.98. The molecular weight excluding hydrogens is 340 g/mol. The van der Waals surface area contributed by atoms with E-state index >= 15 is 0 Å². The summed E-state index contributed by atoms with van der Waals surface area (Å²) >= 11 is 0. The largest absolute Gasteiger partial charge is 0.493 e. The fourth-order valence-electron chi connectivity index (χ4n) is 3.24. The third-order valence-electron chi connectivity index (χ3n) is 4.69. The second kappa shape index (κ2) is 6.21. The van der Waals surface area contributed by atoms with Crippen molar-refractivity contribution in [3.8, 4) is 28.4 Å². The van der Waals surface area contributed by atoms with Gasteiger partial charge in [-0.3, -0.25) is 0 Å². The molecule has 0 saturated carbocycles. The Labute approximate surface area is 156 Å². The van der Waals surface area contributed by atoms with Crippen molar-refractivity contribution in [1.29, 1.82) is 0 Å². The molecule has 2 aromatic carbocycles. The van der Waals surface area contributed by atoms with E-state index in [1.54, 1.807) is 25.4 Å². The summed E-state index contributed by atoms with van der Waals surface area (Å²) in [6.07, 6.45) is 3.53. The average Bonchev–Trinajstić information content (AvgIpc) is 3.10. The fourth-order valence-corrected chi connectivity index (χ4v) is 3.24. The van der Waals surface area contributed by atoms with Crippen molar-refractivity contribution >= 4 is 28.0 Å². The third kappa shape index (κ3) is 2.60. The van der Waals surface area contributed by atoms with Crippen LogP contribution in [0.25, 0.3) is 33.5 Å². The molecule has 4 rings (SSSR count). The summed E-state index contributed by atoms with van der Waals surface area (Å²) in [5.74, 6) is 0.956. The van der Waals surface area contributed by atoms with E-state index in [1.807, 2.05) is 18.3 Å². The lowest BCUT2D eigenvalue weighted by Gasteiger charge is -2.13. The minimum absolute atomic E-state index is 0.362. The van der Waals surface area contributed by atoms with Crippen LogP contribution in [0.4, 0.5) is 17.1 Å². The van der Waals surface area contributed by atoms with Crippen LogP contribution in [0.15, 0.2) is 42.7 Å². The molecule has 7 N–H and O–H groups in total. The predicted molar refractivity (Wildman–Crippen MR) is 109 cm³/mol. The lowest BCUT2D eigenvalue weighted by molar-refractivity contribution is 0.413. The van der Waals surface area contributed by atoms with Gasteiger partial charge < -0.3 is 26.9 Å². The van der Waals surface area contributed by atoms with Crippen LogP contribution in [0.3, 0.4) is 0 Å². The maximum absolute atomic E-state index is 6.14. The maximum atomic E-state index is 6.14. The first-order valence-corrected chi connectivity index (χ1v) is 8.43. The van der Waals surface area contributed by atoms with Crippen LogP contribution in [0.1, 0.15) is 5.56 Å². The number of aryl methyl sites for hydroxylation is 1. The van der Waals surface area contributed by atoms with Gasteiger partial charge in [0.1, 0.15) is 5.69 Å². The van der Waals surface area contributed by atoms with E-state index in [1.165, 1.54) is 0 Å². The number of nitrogens with zero attached hydrogens (tertiary/aromatic N) is 2. The van der Waals surface area contributed by atoms with Gasteiger partial charge in [0, 0.05) is 28.4 Å². The number of anilines is 3. The van der Waals surface area contributed by atoms with Gasteiger partial charge in [-0.25, -0.2) is 9.97 Å². The van der Waals surface area contributed by atoms with Crippen LogP contribution < -0.4 is 21.9 Å². The number of nitrogen functional groups attached to an aromatic ring is 3. The summed E-state index contributed by atoms with van der Waals surface area (Å²) < 4.78 is 5.50. The Hall–Kier alpha value is -3.74. The molecule has 136 valence electrons.